The first-order valence-electron chi connectivity index (χ1n) is 9.02. The van der Waals surface area contributed by atoms with Crippen molar-refractivity contribution < 1.29 is 14.6 Å². The highest BCUT2D eigenvalue weighted by molar-refractivity contribution is 6.30. The third-order valence-corrected chi connectivity index (χ3v) is 4.85. The molecule has 1 aromatic heterocycles. The van der Waals surface area contributed by atoms with E-state index in [1.807, 2.05) is 60.7 Å². The molecule has 5 nitrogen and oxygen atoms in total. The quantitative estimate of drug-likeness (QED) is 0.431. The van der Waals surface area contributed by atoms with Gasteiger partial charge in [0.05, 0.1) is 19.0 Å². The van der Waals surface area contributed by atoms with Crippen LogP contribution in [0.2, 0.25) is 5.02 Å². The summed E-state index contributed by atoms with van der Waals surface area (Å²) in [7, 11) is 1.63. The van der Waals surface area contributed by atoms with Crippen molar-refractivity contribution in [2.45, 2.75) is 6.61 Å². The number of ether oxygens (including phenoxy) is 2. The Bertz CT molecular complexity index is 1110. The number of nitrogens with zero attached hydrogens (tertiary/aromatic N) is 1. The second-order valence-corrected chi connectivity index (χ2v) is 6.92. The molecule has 0 fully saturated rings. The summed E-state index contributed by atoms with van der Waals surface area (Å²) in [5.41, 5.74) is 4.23. The summed E-state index contributed by atoms with van der Waals surface area (Å²) in [5.74, 6) is 1.47. The van der Waals surface area contributed by atoms with Crippen LogP contribution in [0.4, 0.5) is 0 Å². The Morgan fingerprint density at radius 1 is 0.931 bits per heavy atom. The normalized spacial score (nSPS) is 10.7. The van der Waals surface area contributed by atoms with Crippen LogP contribution in [0.15, 0.2) is 72.9 Å². The smallest absolute Gasteiger partial charge is 0.128 e. The maximum Gasteiger partial charge on any atom is 0.128 e. The fraction of sp³-hybridized carbons (Fsp3) is 0.0870. The minimum Gasteiger partial charge on any atom is -0.507 e. The first-order chi connectivity index (χ1) is 14.1. The standard InChI is InChI=1S/C23H19ClN2O3/c1-28-18-8-4-16(5-9-18)21-13-25-26-23(21)20-11-10-19(12-22(20)27)29-14-15-2-6-17(24)7-3-15/h2-13,27H,14H2,1H3,(H,25,26). The number of aromatic amines is 1. The third-order valence-electron chi connectivity index (χ3n) is 4.60. The second kappa shape index (κ2) is 8.29. The average molecular weight is 407 g/mol. The Hall–Kier alpha value is -3.44. The topological polar surface area (TPSA) is 67.4 Å². The minimum absolute atomic E-state index is 0.109. The molecule has 6 heteroatoms. The van der Waals surface area contributed by atoms with Crippen molar-refractivity contribution in [2.24, 2.45) is 0 Å². The number of methoxy groups -OCH3 is 1. The van der Waals surface area contributed by atoms with Crippen molar-refractivity contribution in [3.05, 3.63) is 83.5 Å². The lowest BCUT2D eigenvalue weighted by Gasteiger charge is -2.10. The van der Waals surface area contributed by atoms with Gasteiger partial charge in [0.1, 0.15) is 23.9 Å². The molecule has 0 amide bonds. The second-order valence-electron chi connectivity index (χ2n) is 6.48. The monoisotopic (exact) mass is 406 g/mol. The number of aromatic hydroxyl groups is 1. The van der Waals surface area contributed by atoms with Gasteiger partial charge in [-0.1, -0.05) is 35.9 Å². The predicted molar refractivity (Wildman–Crippen MR) is 113 cm³/mol. The molecule has 2 N–H and O–H groups in total. The van der Waals surface area contributed by atoms with E-state index in [0.29, 0.717) is 22.9 Å². The molecule has 0 saturated heterocycles. The molecule has 29 heavy (non-hydrogen) atoms. The zero-order chi connectivity index (χ0) is 20.2. The van der Waals surface area contributed by atoms with Gasteiger partial charge in [0.25, 0.3) is 0 Å². The van der Waals surface area contributed by atoms with E-state index in [9.17, 15) is 5.11 Å². The molecule has 4 rings (SSSR count). The molecule has 1 heterocycles. The Morgan fingerprint density at radius 2 is 1.66 bits per heavy atom. The molecule has 0 unspecified atom stereocenters. The van der Waals surface area contributed by atoms with Crippen molar-refractivity contribution in [1.82, 2.24) is 10.2 Å². The van der Waals surface area contributed by atoms with E-state index >= 15 is 0 Å². The van der Waals surface area contributed by atoms with Gasteiger partial charge >= 0.3 is 0 Å². The number of halogens is 1. The van der Waals surface area contributed by atoms with E-state index in [0.717, 1.165) is 28.1 Å². The van der Waals surface area contributed by atoms with Crippen LogP contribution in [0.5, 0.6) is 17.2 Å². The van der Waals surface area contributed by atoms with E-state index < -0.39 is 0 Å². The lowest BCUT2D eigenvalue weighted by atomic mass is 10.0. The highest BCUT2D eigenvalue weighted by atomic mass is 35.5. The van der Waals surface area contributed by atoms with Crippen LogP contribution in [0.25, 0.3) is 22.4 Å². The van der Waals surface area contributed by atoms with Crippen molar-refractivity contribution in [3.8, 4) is 39.6 Å². The molecule has 4 aromatic rings. The summed E-state index contributed by atoms with van der Waals surface area (Å²) in [6.45, 7) is 0.386. The molecule has 0 atom stereocenters. The number of phenolic OH excluding ortho intramolecular Hbond substituents is 1. The van der Waals surface area contributed by atoms with E-state index in [1.54, 1.807) is 19.4 Å². The van der Waals surface area contributed by atoms with E-state index in [4.69, 9.17) is 21.1 Å². The fourth-order valence-corrected chi connectivity index (χ4v) is 3.17. The molecular formula is C23H19ClN2O3. The molecule has 0 aliphatic rings. The SMILES string of the molecule is COc1ccc(-c2cn[nH]c2-c2ccc(OCc3ccc(Cl)cc3)cc2O)cc1. The minimum atomic E-state index is 0.109. The van der Waals surface area contributed by atoms with Gasteiger partial charge < -0.3 is 14.6 Å². The molecule has 0 radical (unpaired) electrons. The summed E-state index contributed by atoms with van der Waals surface area (Å²) in [4.78, 5) is 0. The number of phenols is 1. The molecule has 0 aliphatic carbocycles. The van der Waals surface area contributed by atoms with E-state index in [-0.39, 0.29) is 5.75 Å². The molecule has 0 aliphatic heterocycles. The van der Waals surface area contributed by atoms with Gasteiger partial charge in [-0.15, -0.1) is 0 Å². The highest BCUT2D eigenvalue weighted by Crippen LogP contribution is 2.37. The third kappa shape index (κ3) is 4.20. The molecule has 3 aromatic carbocycles. The van der Waals surface area contributed by atoms with Crippen LogP contribution < -0.4 is 9.47 Å². The maximum absolute atomic E-state index is 10.6. The number of rotatable bonds is 6. The largest absolute Gasteiger partial charge is 0.507 e. The predicted octanol–water partition coefficient (Wildman–Crippen LogP) is 5.69. The van der Waals surface area contributed by atoms with Gasteiger partial charge in [0.2, 0.25) is 0 Å². The van der Waals surface area contributed by atoms with Crippen molar-refractivity contribution >= 4 is 11.6 Å². The summed E-state index contributed by atoms with van der Waals surface area (Å²) >= 11 is 5.90. The zero-order valence-electron chi connectivity index (χ0n) is 15.7. The maximum atomic E-state index is 10.6. The summed E-state index contributed by atoms with van der Waals surface area (Å²) < 4.78 is 11.0. The fourth-order valence-electron chi connectivity index (χ4n) is 3.04. The van der Waals surface area contributed by atoms with E-state index in [2.05, 4.69) is 10.2 Å². The van der Waals surface area contributed by atoms with Crippen LogP contribution in [-0.4, -0.2) is 22.4 Å². The molecule has 0 spiro atoms. The number of aromatic nitrogens is 2. The van der Waals surface area contributed by atoms with Crippen molar-refractivity contribution in [3.63, 3.8) is 0 Å². The van der Waals surface area contributed by atoms with Gasteiger partial charge in [-0.3, -0.25) is 5.10 Å². The van der Waals surface area contributed by atoms with Crippen LogP contribution in [-0.2, 0) is 6.61 Å². The van der Waals surface area contributed by atoms with Gasteiger partial charge in [-0.2, -0.15) is 5.10 Å². The molecule has 0 bridgehead atoms. The first kappa shape index (κ1) is 18.9. The van der Waals surface area contributed by atoms with Crippen molar-refractivity contribution in [1.29, 1.82) is 0 Å². The molecule has 146 valence electrons. The highest BCUT2D eigenvalue weighted by Gasteiger charge is 2.14. The van der Waals surface area contributed by atoms with Crippen LogP contribution in [0.3, 0.4) is 0 Å². The van der Waals surface area contributed by atoms with Crippen LogP contribution >= 0.6 is 11.6 Å². The molecule has 0 saturated carbocycles. The number of benzene rings is 3. The van der Waals surface area contributed by atoms with Crippen LogP contribution in [0, 0.1) is 0 Å². The van der Waals surface area contributed by atoms with Gasteiger partial charge in [-0.05, 0) is 47.5 Å². The lowest BCUT2D eigenvalue weighted by Crippen LogP contribution is -1.95. The summed E-state index contributed by atoms with van der Waals surface area (Å²) in [6.07, 6.45) is 1.74. The Morgan fingerprint density at radius 3 is 2.34 bits per heavy atom. The Kier molecular flexibility index (Phi) is 5.40. The van der Waals surface area contributed by atoms with Crippen molar-refractivity contribution in [2.75, 3.05) is 7.11 Å². The first-order valence-corrected chi connectivity index (χ1v) is 9.40. The summed E-state index contributed by atoms with van der Waals surface area (Å²) in [6, 6.07) is 20.4. The molecular weight excluding hydrogens is 388 g/mol. The van der Waals surface area contributed by atoms with E-state index in [1.165, 1.54) is 0 Å². The number of hydrogen-bond acceptors (Lipinski definition) is 4. The number of nitrogens with one attached hydrogen (secondary N) is 1. The Balaban J connectivity index is 1.55. The lowest BCUT2D eigenvalue weighted by molar-refractivity contribution is 0.304. The van der Waals surface area contributed by atoms with Gasteiger partial charge in [-0.25, -0.2) is 0 Å². The van der Waals surface area contributed by atoms with Crippen LogP contribution in [0.1, 0.15) is 5.56 Å². The Labute approximate surface area is 173 Å². The average Bonchev–Trinajstić information content (AvgIpc) is 3.23. The number of H-pyrrole nitrogens is 1. The number of hydrogen-bond donors (Lipinski definition) is 2. The zero-order valence-corrected chi connectivity index (χ0v) is 16.5. The van der Waals surface area contributed by atoms with Gasteiger partial charge in [0, 0.05) is 22.2 Å². The summed E-state index contributed by atoms with van der Waals surface area (Å²) in [5, 5.41) is 18.4. The van der Waals surface area contributed by atoms with Gasteiger partial charge in [0.15, 0.2) is 0 Å².